The fraction of sp³-hybridized carbons (Fsp3) is 0.0213. The van der Waals surface area contributed by atoms with Crippen molar-refractivity contribution >= 4 is 5.78 Å². The molecule has 1 aromatic heterocycles. The first-order valence-electron chi connectivity index (χ1n) is 17.1. The Kier molecular flexibility index (Phi) is 7.48. The number of carbonyl (C=O) groups is 1. The lowest BCUT2D eigenvalue weighted by Gasteiger charge is -2.42. The van der Waals surface area contributed by atoms with Crippen molar-refractivity contribution in [1.82, 2.24) is 15.0 Å². The van der Waals surface area contributed by atoms with Gasteiger partial charge in [-0.3, -0.25) is 4.79 Å². The van der Waals surface area contributed by atoms with Gasteiger partial charge in [0, 0.05) is 27.8 Å². The van der Waals surface area contributed by atoms with Crippen molar-refractivity contribution < 1.29 is 4.79 Å². The minimum Gasteiger partial charge on any atom is -0.289 e. The fourth-order valence-corrected chi connectivity index (χ4v) is 7.58. The van der Waals surface area contributed by atoms with E-state index in [1.807, 2.05) is 103 Å². The second kappa shape index (κ2) is 12.6. The number of hydrogen-bond donors (Lipinski definition) is 0. The van der Waals surface area contributed by atoms with Crippen molar-refractivity contribution in [3.8, 4) is 45.3 Å². The Hall–Kier alpha value is -6.78. The Bertz CT molecular complexity index is 2440. The molecule has 1 aliphatic carbocycles. The molecule has 0 N–H and O–H groups in total. The molecule has 0 spiro atoms. The molecule has 0 amide bonds. The average Bonchev–Trinajstić information content (AvgIpc) is 3.22. The van der Waals surface area contributed by atoms with E-state index in [2.05, 4.69) is 84.9 Å². The van der Waals surface area contributed by atoms with Crippen LogP contribution in [0.4, 0.5) is 0 Å². The molecular formula is C47H31N3O. The summed E-state index contributed by atoms with van der Waals surface area (Å²) in [5.74, 6) is 1.88. The summed E-state index contributed by atoms with van der Waals surface area (Å²) in [4.78, 5) is 29.0. The predicted molar refractivity (Wildman–Crippen MR) is 203 cm³/mol. The molecule has 0 fully saturated rings. The van der Waals surface area contributed by atoms with Crippen molar-refractivity contribution in [2.45, 2.75) is 5.41 Å². The number of carbonyl (C=O) groups excluding carboxylic acids is 1. The van der Waals surface area contributed by atoms with Gasteiger partial charge in [0.2, 0.25) is 0 Å². The lowest BCUT2D eigenvalue weighted by atomic mass is 9.58. The SMILES string of the molecule is O=C1c2ccccc2C(c2ccccc2)(c2ccccc2-c2cccc(-c3nc(-c4ccccc4)nc(-c4ccccc4)n3)c2)c2ccccc21. The molecule has 0 bridgehead atoms. The molecule has 240 valence electrons. The molecule has 4 nitrogen and oxygen atoms in total. The van der Waals surface area contributed by atoms with Crippen molar-refractivity contribution in [3.05, 3.63) is 221 Å². The number of benzene rings is 7. The van der Waals surface area contributed by atoms with Crippen LogP contribution in [0.25, 0.3) is 45.3 Å². The monoisotopic (exact) mass is 653 g/mol. The van der Waals surface area contributed by atoms with Crippen LogP contribution in [-0.2, 0) is 5.41 Å². The van der Waals surface area contributed by atoms with Crippen LogP contribution in [0.3, 0.4) is 0 Å². The smallest absolute Gasteiger partial charge is 0.193 e. The van der Waals surface area contributed by atoms with Crippen LogP contribution in [0.1, 0.15) is 38.2 Å². The summed E-state index contributed by atoms with van der Waals surface area (Å²) in [6, 6.07) is 63.8. The molecule has 0 aliphatic heterocycles. The first-order chi connectivity index (χ1) is 25.2. The highest BCUT2D eigenvalue weighted by Crippen LogP contribution is 2.53. The van der Waals surface area contributed by atoms with Gasteiger partial charge in [-0.05, 0) is 39.4 Å². The number of nitrogens with zero attached hydrogens (tertiary/aromatic N) is 3. The van der Waals surface area contributed by atoms with Gasteiger partial charge in [-0.15, -0.1) is 0 Å². The highest BCUT2D eigenvalue weighted by Gasteiger charge is 2.47. The van der Waals surface area contributed by atoms with Crippen molar-refractivity contribution in [3.63, 3.8) is 0 Å². The Morgan fingerprint density at radius 3 is 1.24 bits per heavy atom. The molecule has 0 saturated carbocycles. The molecule has 1 aliphatic rings. The second-order valence-electron chi connectivity index (χ2n) is 12.7. The van der Waals surface area contributed by atoms with Crippen molar-refractivity contribution in [2.75, 3.05) is 0 Å². The molecule has 7 aromatic carbocycles. The Balaban J connectivity index is 1.28. The van der Waals surface area contributed by atoms with E-state index in [1.54, 1.807) is 0 Å². The van der Waals surface area contributed by atoms with Crippen LogP contribution in [0.2, 0.25) is 0 Å². The molecule has 0 radical (unpaired) electrons. The highest BCUT2D eigenvalue weighted by atomic mass is 16.1. The molecule has 9 rings (SSSR count). The molecule has 8 aromatic rings. The van der Waals surface area contributed by atoms with Gasteiger partial charge in [0.05, 0.1) is 5.41 Å². The van der Waals surface area contributed by atoms with E-state index in [9.17, 15) is 4.79 Å². The minimum atomic E-state index is -0.761. The zero-order valence-corrected chi connectivity index (χ0v) is 27.6. The lowest BCUT2D eigenvalue weighted by Crippen LogP contribution is -2.38. The zero-order valence-electron chi connectivity index (χ0n) is 27.6. The third kappa shape index (κ3) is 5.08. The predicted octanol–water partition coefficient (Wildman–Crippen LogP) is 10.5. The number of fused-ring (bicyclic) bond motifs is 2. The van der Waals surface area contributed by atoms with E-state index in [0.717, 1.165) is 61.2 Å². The van der Waals surface area contributed by atoms with Gasteiger partial charge in [-0.2, -0.15) is 0 Å². The lowest BCUT2D eigenvalue weighted by molar-refractivity contribution is 0.103. The average molecular weight is 654 g/mol. The van der Waals surface area contributed by atoms with Crippen molar-refractivity contribution in [1.29, 1.82) is 0 Å². The van der Waals surface area contributed by atoms with Gasteiger partial charge >= 0.3 is 0 Å². The van der Waals surface area contributed by atoms with E-state index in [4.69, 9.17) is 15.0 Å². The zero-order chi connectivity index (χ0) is 34.2. The summed E-state index contributed by atoms with van der Waals surface area (Å²) in [7, 11) is 0. The van der Waals surface area contributed by atoms with Crippen molar-refractivity contribution in [2.24, 2.45) is 0 Å². The van der Waals surface area contributed by atoms with Gasteiger partial charge in [0.15, 0.2) is 23.3 Å². The van der Waals surface area contributed by atoms with Crippen LogP contribution >= 0.6 is 0 Å². The molecule has 0 atom stereocenters. The van der Waals surface area contributed by atoms with E-state index in [0.29, 0.717) is 17.5 Å². The largest absolute Gasteiger partial charge is 0.289 e. The Morgan fingerprint density at radius 2 is 0.706 bits per heavy atom. The van der Waals surface area contributed by atoms with Crippen LogP contribution in [0.5, 0.6) is 0 Å². The molecule has 0 saturated heterocycles. The maximum atomic E-state index is 14.1. The third-order valence-electron chi connectivity index (χ3n) is 9.82. The Labute approximate surface area is 296 Å². The normalized spacial score (nSPS) is 12.9. The minimum absolute atomic E-state index is 0.0468. The topological polar surface area (TPSA) is 55.7 Å². The summed E-state index contributed by atoms with van der Waals surface area (Å²) in [5, 5.41) is 0. The highest BCUT2D eigenvalue weighted by molar-refractivity contribution is 6.14. The quantitative estimate of drug-likeness (QED) is 0.179. The number of rotatable bonds is 6. The summed E-state index contributed by atoms with van der Waals surface area (Å²) >= 11 is 0. The summed E-state index contributed by atoms with van der Waals surface area (Å²) in [6.45, 7) is 0. The van der Waals surface area contributed by atoms with Crippen LogP contribution in [0.15, 0.2) is 188 Å². The van der Waals surface area contributed by atoms with Gasteiger partial charge in [-0.25, -0.2) is 15.0 Å². The molecule has 1 heterocycles. The third-order valence-corrected chi connectivity index (χ3v) is 9.82. The maximum Gasteiger partial charge on any atom is 0.193 e. The summed E-state index contributed by atoms with van der Waals surface area (Å²) in [5.41, 5.74) is 9.62. The first kappa shape index (κ1) is 30.3. The summed E-state index contributed by atoms with van der Waals surface area (Å²) < 4.78 is 0. The van der Waals surface area contributed by atoms with Gasteiger partial charge < -0.3 is 0 Å². The van der Waals surface area contributed by atoms with Gasteiger partial charge in [-0.1, -0.05) is 182 Å². The van der Waals surface area contributed by atoms with Crippen LogP contribution < -0.4 is 0 Å². The Morgan fingerprint density at radius 1 is 0.333 bits per heavy atom. The van der Waals surface area contributed by atoms with E-state index in [-0.39, 0.29) is 5.78 Å². The standard InChI is InChI=1S/C47H31N3O/c51-43-38-26-11-14-29-41(38)47(36-23-8-3-9-24-36,42-30-15-12-27-39(42)43)40-28-13-10-25-37(40)34-21-16-22-35(31-34)46-49-44(32-17-4-1-5-18-32)48-45(50-46)33-19-6-2-7-20-33/h1-31H. The van der Waals surface area contributed by atoms with E-state index < -0.39 is 5.41 Å². The maximum absolute atomic E-state index is 14.1. The second-order valence-corrected chi connectivity index (χ2v) is 12.7. The van der Waals surface area contributed by atoms with Crippen LogP contribution in [0, 0.1) is 0 Å². The van der Waals surface area contributed by atoms with Crippen LogP contribution in [-0.4, -0.2) is 20.7 Å². The molecule has 0 unspecified atom stereocenters. The molecular weight excluding hydrogens is 623 g/mol. The first-order valence-corrected chi connectivity index (χ1v) is 17.1. The number of aromatic nitrogens is 3. The number of ketones is 1. The van der Waals surface area contributed by atoms with E-state index >= 15 is 0 Å². The molecule has 4 heteroatoms. The molecule has 51 heavy (non-hydrogen) atoms. The van der Waals surface area contributed by atoms with E-state index in [1.165, 1.54) is 0 Å². The summed E-state index contributed by atoms with van der Waals surface area (Å²) in [6.07, 6.45) is 0. The fourth-order valence-electron chi connectivity index (χ4n) is 7.58. The van der Waals surface area contributed by atoms with Gasteiger partial charge in [0.25, 0.3) is 0 Å². The number of hydrogen-bond acceptors (Lipinski definition) is 4. The van der Waals surface area contributed by atoms with Gasteiger partial charge in [0.1, 0.15) is 0 Å².